The molecule has 2 aromatic heterocycles. The van der Waals surface area contributed by atoms with Gasteiger partial charge in [-0.1, -0.05) is 24.3 Å². The zero-order valence-corrected chi connectivity index (χ0v) is 18.1. The molecule has 0 unspecified atom stereocenters. The Bertz CT molecular complexity index is 1240. The quantitative estimate of drug-likeness (QED) is 0.491. The van der Waals surface area contributed by atoms with Crippen molar-refractivity contribution < 1.29 is 13.9 Å². The van der Waals surface area contributed by atoms with Crippen molar-refractivity contribution in [2.24, 2.45) is 5.92 Å². The van der Waals surface area contributed by atoms with Crippen LogP contribution in [0.1, 0.15) is 25.3 Å². The third kappa shape index (κ3) is 3.98. The largest absolute Gasteiger partial charge is 0.494 e. The van der Waals surface area contributed by atoms with Crippen molar-refractivity contribution >= 4 is 33.8 Å². The standard InChI is InChI=1S/C25H26N4O3/c1-2-31-19-11-9-17(10-12-19)14-26-25(30)18-6-5-13-29(15-18)24-23-22(27-16-28-24)20-7-3-4-8-21(20)32-23/h3-4,7-12,16,18H,2,5-6,13-15H2,1H3,(H,26,30)/t18-/m0/s1. The Labute approximate surface area is 186 Å². The predicted octanol–water partition coefficient (Wildman–Crippen LogP) is 4.31. The van der Waals surface area contributed by atoms with Crippen LogP contribution >= 0.6 is 0 Å². The van der Waals surface area contributed by atoms with E-state index in [0.717, 1.165) is 53.0 Å². The number of aromatic nitrogens is 2. The summed E-state index contributed by atoms with van der Waals surface area (Å²) >= 11 is 0. The van der Waals surface area contributed by atoms with Gasteiger partial charge in [0.25, 0.3) is 0 Å². The van der Waals surface area contributed by atoms with E-state index < -0.39 is 0 Å². The lowest BCUT2D eigenvalue weighted by atomic mass is 9.97. The van der Waals surface area contributed by atoms with Gasteiger partial charge in [-0.05, 0) is 49.6 Å². The number of nitrogens with zero attached hydrogens (tertiary/aromatic N) is 3. The Kier molecular flexibility index (Phi) is 5.62. The number of para-hydroxylation sites is 1. The van der Waals surface area contributed by atoms with Crippen molar-refractivity contribution in [1.29, 1.82) is 0 Å². The van der Waals surface area contributed by atoms with E-state index in [1.807, 2.05) is 55.5 Å². The van der Waals surface area contributed by atoms with Crippen LogP contribution in [0.25, 0.3) is 22.1 Å². The number of amides is 1. The Morgan fingerprint density at radius 2 is 2.03 bits per heavy atom. The van der Waals surface area contributed by atoms with Crippen LogP contribution in [-0.4, -0.2) is 35.6 Å². The topological polar surface area (TPSA) is 80.5 Å². The minimum Gasteiger partial charge on any atom is -0.494 e. The van der Waals surface area contributed by atoms with E-state index in [4.69, 9.17) is 9.15 Å². The van der Waals surface area contributed by atoms with Gasteiger partial charge in [0.15, 0.2) is 11.4 Å². The minimum atomic E-state index is -0.0964. The van der Waals surface area contributed by atoms with Crippen LogP contribution in [0.4, 0.5) is 5.82 Å². The maximum absolute atomic E-state index is 12.9. The molecule has 7 heteroatoms. The van der Waals surface area contributed by atoms with E-state index in [0.29, 0.717) is 25.3 Å². The van der Waals surface area contributed by atoms with Crippen LogP contribution in [-0.2, 0) is 11.3 Å². The van der Waals surface area contributed by atoms with Gasteiger partial charge >= 0.3 is 0 Å². The van der Waals surface area contributed by atoms with Crippen LogP contribution in [0.2, 0.25) is 0 Å². The maximum Gasteiger partial charge on any atom is 0.225 e. The summed E-state index contributed by atoms with van der Waals surface area (Å²) < 4.78 is 11.6. The number of furan rings is 1. The van der Waals surface area contributed by atoms with Gasteiger partial charge in [0.05, 0.1) is 12.5 Å². The molecule has 7 nitrogen and oxygen atoms in total. The summed E-state index contributed by atoms with van der Waals surface area (Å²) in [6.45, 7) is 4.55. The molecular formula is C25H26N4O3. The molecular weight excluding hydrogens is 404 g/mol. The van der Waals surface area contributed by atoms with Gasteiger partial charge < -0.3 is 19.4 Å². The average molecular weight is 431 g/mol. The van der Waals surface area contributed by atoms with Crippen molar-refractivity contribution in [3.05, 3.63) is 60.4 Å². The molecule has 32 heavy (non-hydrogen) atoms. The van der Waals surface area contributed by atoms with Crippen LogP contribution in [0, 0.1) is 5.92 Å². The lowest BCUT2D eigenvalue weighted by Gasteiger charge is -2.32. The van der Waals surface area contributed by atoms with Gasteiger partial charge in [-0.25, -0.2) is 9.97 Å². The number of hydrogen-bond donors (Lipinski definition) is 1. The van der Waals surface area contributed by atoms with Crippen molar-refractivity contribution in [2.75, 3.05) is 24.6 Å². The molecule has 1 atom stereocenters. The van der Waals surface area contributed by atoms with E-state index in [-0.39, 0.29) is 11.8 Å². The highest BCUT2D eigenvalue weighted by molar-refractivity contribution is 6.05. The molecule has 0 radical (unpaired) electrons. The van der Waals surface area contributed by atoms with Gasteiger partial charge in [0.1, 0.15) is 23.2 Å². The number of hydrogen-bond acceptors (Lipinski definition) is 6. The highest BCUT2D eigenvalue weighted by Crippen LogP contribution is 2.33. The first-order valence-electron chi connectivity index (χ1n) is 11.1. The lowest BCUT2D eigenvalue weighted by Crippen LogP contribution is -2.43. The Balaban J connectivity index is 1.28. The third-order valence-corrected chi connectivity index (χ3v) is 5.93. The first kappa shape index (κ1) is 20.3. The van der Waals surface area contributed by atoms with E-state index >= 15 is 0 Å². The number of nitrogens with one attached hydrogen (secondary N) is 1. The van der Waals surface area contributed by atoms with E-state index in [1.54, 1.807) is 6.33 Å². The van der Waals surface area contributed by atoms with Gasteiger partial charge in [0, 0.05) is 25.0 Å². The van der Waals surface area contributed by atoms with E-state index in [2.05, 4.69) is 20.2 Å². The fourth-order valence-corrected chi connectivity index (χ4v) is 4.32. The van der Waals surface area contributed by atoms with Crippen LogP contribution in [0.15, 0.2) is 59.3 Å². The van der Waals surface area contributed by atoms with Crippen molar-refractivity contribution in [3.63, 3.8) is 0 Å². The minimum absolute atomic E-state index is 0.0680. The summed E-state index contributed by atoms with van der Waals surface area (Å²) in [5, 5.41) is 4.07. The zero-order chi connectivity index (χ0) is 21.9. The number of anilines is 1. The monoisotopic (exact) mass is 430 g/mol. The first-order chi connectivity index (χ1) is 15.7. The highest BCUT2D eigenvalue weighted by atomic mass is 16.5. The van der Waals surface area contributed by atoms with E-state index in [1.165, 1.54) is 0 Å². The summed E-state index contributed by atoms with van der Waals surface area (Å²) in [6, 6.07) is 15.7. The molecule has 5 rings (SSSR count). The van der Waals surface area contributed by atoms with Crippen molar-refractivity contribution in [2.45, 2.75) is 26.3 Å². The molecule has 1 N–H and O–H groups in total. The highest BCUT2D eigenvalue weighted by Gasteiger charge is 2.28. The van der Waals surface area contributed by atoms with Crippen molar-refractivity contribution in [3.8, 4) is 5.75 Å². The smallest absolute Gasteiger partial charge is 0.225 e. The molecule has 1 aliphatic heterocycles. The molecule has 1 aliphatic rings. The lowest BCUT2D eigenvalue weighted by molar-refractivity contribution is -0.125. The Morgan fingerprint density at radius 3 is 2.88 bits per heavy atom. The molecule has 0 spiro atoms. The van der Waals surface area contributed by atoms with Gasteiger partial charge in [-0.15, -0.1) is 0 Å². The molecule has 1 amide bonds. The average Bonchev–Trinajstić information content (AvgIpc) is 3.22. The fourth-order valence-electron chi connectivity index (χ4n) is 4.32. The van der Waals surface area contributed by atoms with Gasteiger partial charge in [0.2, 0.25) is 5.91 Å². The number of carbonyl (C=O) groups is 1. The normalized spacial score (nSPS) is 16.4. The number of carbonyl (C=O) groups excluding carboxylic acids is 1. The fraction of sp³-hybridized carbons (Fsp3) is 0.320. The third-order valence-electron chi connectivity index (χ3n) is 5.93. The Hall–Kier alpha value is -3.61. The second kappa shape index (κ2) is 8.86. The molecule has 1 fully saturated rings. The number of benzene rings is 2. The number of ether oxygens (including phenoxy) is 1. The number of rotatable bonds is 6. The van der Waals surface area contributed by atoms with Crippen LogP contribution in [0.3, 0.4) is 0 Å². The Morgan fingerprint density at radius 1 is 1.19 bits per heavy atom. The molecule has 1 saturated heterocycles. The summed E-state index contributed by atoms with van der Waals surface area (Å²) in [5.74, 6) is 1.57. The molecule has 0 aliphatic carbocycles. The second-order valence-electron chi connectivity index (χ2n) is 8.05. The molecule has 3 heterocycles. The van der Waals surface area contributed by atoms with Crippen molar-refractivity contribution in [1.82, 2.24) is 15.3 Å². The van der Waals surface area contributed by atoms with Crippen LogP contribution < -0.4 is 15.0 Å². The van der Waals surface area contributed by atoms with Gasteiger partial charge in [-0.2, -0.15) is 0 Å². The number of piperidine rings is 1. The molecule has 2 aromatic carbocycles. The zero-order valence-electron chi connectivity index (χ0n) is 18.1. The summed E-state index contributed by atoms with van der Waals surface area (Å²) in [5.41, 5.74) is 3.34. The molecule has 164 valence electrons. The summed E-state index contributed by atoms with van der Waals surface area (Å²) in [6.07, 6.45) is 3.36. The maximum atomic E-state index is 12.9. The second-order valence-corrected chi connectivity index (χ2v) is 8.05. The predicted molar refractivity (Wildman–Crippen MR) is 124 cm³/mol. The first-order valence-corrected chi connectivity index (χ1v) is 11.1. The molecule has 0 saturated carbocycles. The summed E-state index contributed by atoms with van der Waals surface area (Å²) in [4.78, 5) is 24.0. The summed E-state index contributed by atoms with van der Waals surface area (Å²) in [7, 11) is 0. The number of fused-ring (bicyclic) bond motifs is 3. The molecule has 0 bridgehead atoms. The molecule has 4 aromatic rings. The van der Waals surface area contributed by atoms with Crippen LogP contribution in [0.5, 0.6) is 5.75 Å². The van der Waals surface area contributed by atoms with E-state index in [9.17, 15) is 4.79 Å². The van der Waals surface area contributed by atoms with Gasteiger partial charge in [-0.3, -0.25) is 4.79 Å². The SMILES string of the molecule is CCOc1ccc(CNC(=O)[C@H]2CCCN(c3ncnc4c3oc3ccccc34)C2)cc1.